The minimum absolute atomic E-state index is 0.117. The molecule has 9 nitrogen and oxygen atoms in total. The first-order chi connectivity index (χ1) is 15.4. The highest BCUT2D eigenvalue weighted by atomic mass is 19.4. The van der Waals surface area contributed by atoms with Crippen LogP contribution in [0.4, 0.5) is 13.2 Å². The number of carbonyl (C=O) groups excluding carboxylic acids is 2. The second kappa shape index (κ2) is 9.20. The van der Waals surface area contributed by atoms with Crippen LogP contribution in [0.25, 0.3) is 0 Å². The van der Waals surface area contributed by atoms with E-state index in [1.165, 1.54) is 0 Å². The number of hydrogen-bond acceptors (Lipinski definition) is 6. The van der Waals surface area contributed by atoms with Crippen molar-refractivity contribution in [2.45, 2.75) is 33.0 Å². The molecule has 2 fully saturated rings. The number of carboxylic acids is 1. The van der Waals surface area contributed by atoms with Crippen LogP contribution in [0.1, 0.15) is 35.2 Å². The molecular formula is C21H23F3N4O5. The SMILES string of the molecule is Cc1cc(C(=O)N2C[C@H](C)[C@]3(CCN(Cc4cccnc4)C3=O)C2)no1.O=C(O)C(F)(F)F. The number of likely N-dealkylation sites (tertiary alicyclic amines) is 2. The summed E-state index contributed by atoms with van der Waals surface area (Å²) in [7, 11) is 0. The molecule has 4 rings (SSSR count). The Balaban J connectivity index is 0.000000383. The standard InChI is InChI=1S/C19H22N4O3.C2HF3O2/c1-13-10-23(17(24)16-8-14(2)26-21-16)12-19(13)5-7-22(18(19)25)11-15-4-3-6-20-9-15;3-2(4,5)1(6)7/h3-4,6,8-9,13H,5,7,10-12H2,1-2H3;(H,6,7)/t13-,19-;/m0./s1. The molecule has 0 aliphatic carbocycles. The number of hydrogen-bond donors (Lipinski definition) is 1. The van der Waals surface area contributed by atoms with Crippen LogP contribution in [0.3, 0.4) is 0 Å². The van der Waals surface area contributed by atoms with E-state index in [1.807, 2.05) is 17.0 Å². The van der Waals surface area contributed by atoms with Crippen LogP contribution in [0.5, 0.6) is 0 Å². The fourth-order valence-corrected chi connectivity index (χ4v) is 4.17. The lowest BCUT2D eigenvalue weighted by Crippen LogP contribution is -2.40. The Morgan fingerprint density at radius 3 is 2.61 bits per heavy atom. The molecule has 0 aromatic carbocycles. The molecule has 178 valence electrons. The third-order valence-corrected chi connectivity index (χ3v) is 5.92. The molecule has 1 N–H and O–H groups in total. The molecular weight excluding hydrogens is 445 g/mol. The van der Waals surface area contributed by atoms with Gasteiger partial charge >= 0.3 is 12.1 Å². The van der Waals surface area contributed by atoms with Crippen LogP contribution in [0, 0.1) is 18.3 Å². The Bertz CT molecular complexity index is 1030. The van der Waals surface area contributed by atoms with Gasteiger partial charge in [0.2, 0.25) is 5.91 Å². The van der Waals surface area contributed by atoms with E-state index in [0.29, 0.717) is 37.6 Å². The summed E-state index contributed by atoms with van der Waals surface area (Å²) >= 11 is 0. The zero-order valence-electron chi connectivity index (χ0n) is 18.0. The van der Waals surface area contributed by atoms with E-state index < -0.39 is 17.6 Å². The van der Waals surface area contributed by atoms with Gasteiger partial charge in [-0.25, -0.2) is 4.79 Å². The van der Waals surface area contributed by atoms with Crippen LogP contribution < -0.4 is 0 Å². The first-order valence-corrected chi connectivity index (χ1v) is 10.1. The van der Waals surface area contributed by atoms with Gasteiger partial charge in [-0.2, -0.15) is 13.2 Å². The van der Waals surface area contributed by atoms with Gasteiger partial charge in [-0.05, 0) is 30.9 Å². The summed E-state index contributed by atoms with van der Waals surface area (Å²) in [5.41, 5.74) is 0.843. The van der Waals surface area contributed by atoms with E-state index >= 15 is 0 Å². The first kappa shape index (κ1) is 24.2. The van der Waals surface area contributed by atoms with E-state index in [9.17, 15) is 22.8 Å². The van der Waals surface area contributed by atoms with Crippen molar-refractivity contribution in [2.24, 2.45) is 11.3 Å². The number of halogens is 3. The van der Waals surface area contributed by atoms with E-state index in [4.69, 9.17) is 14.4 Å². The van der Waals surface area contributed by atoms with Crippen LogP contribution in [0.15, 0.2) is 35.1 Å². The number of alkyl halides is 3. The number of pyridine rings is 1. The van der Waals surface area contributed by atoms with Gasteiger partial charge in [-0.3, -0.25) is 14.6 Å². The maximum absolute atomic E-state index is 13.2. The third-order valence-electron chi connectivity index (χ3n) is 5.92. The van der Waals surface area contributed by atoms with Gasteiger partial charge < -0.3 is 19.4 Å². The summed E-state index contributed by atoms with van der Waals surface area (Å²) in [5, 5.41) is 10.9. The van der Waals surface area contributed by atoms with Gasteiger partial charge in [0, 0.05) is 44.6 Å². The molecule has 2 amide bonds. The molecule has 2 aliphatic heterocycles. The fourth-order valence-electron chi connectivity index (χ4n) is 4.17. The summed E-state index contributed by atoms with van der Waals surface area (Å²) < 4.78 is 36.8. The lowest BCUT2D eigenvalue weighted by atomic mass is 9.78. The molecule has 0 bridgehead atoms. The monoisotopic (exact) mass is 468 g/mol. The van der Waals surface area contributed by atoms with Crippen molar-refractivity contribution in [3.63, 3.8) is 0 Å². The van der Waals surface area contributed by atoms with E-state index in [2.05, 4.69) is 17.1 Å². The number of carboxylic acid groups (broad SMARTS) is 1. The van der Waals surface area contributed by atoms with Crippen molar-refractivity contribution < 1.29 is 37.2 Å². The van der Waals surface area contributed by atoms with Gasteiger partial charge in [-0.1, -0.05) is 18.1 Å². The molecule has 1 spiro atoms. The van der Waals surface area contributed by atoms with Crippen molar-refractivity contribution in [1.29, 1.82) is 0 Å². The fraction of sp³-hybridized carbons (Fsp3) is 0.476. The Morgan fingerprint density at radius 2 is 2.06 bits per heavy atom. The molecule has 2 atom stereocenters. The predicted octanol–water partition coefficient (Wildman–Crippen LogP) is 2.52. The largest absolute Gasteiger partial charge is 0.490 e. The Hall–Kier alpha value is -3.44. The van der Waals surface area contributed by atoms with E-state index in [1.54, 1.807) is 30.3 Å². The smallest absolute Gasteiger partial charge is 0.475 e. The number of rotatable bonds is 3. The summed E-state index contributed by atoms with van der Waals surface area (Å²) in [5.74, 6) is -2.06. The predicted molar refractivity (Wildman–Crippen MR) is 107 cm³/mol. The minimum Gasteiger partial charge on any atom is -0.475 e. The van der Waals surface area contributed by atoms with Crippen molar-refractivity contribution in [3.8, 4) is 0 Å². The van der Waals surface area contributed by atoms with Crippen molar-refractivity contribution in [3.05, 3.63) is 47.6 Å². The zero-order valence-corrected chi connectivity index (χ0v) is 18.0. The highest BCUT2D eigenvalue weighted by Gasteiger charge is 2.56. The molecule has 12 heteroatoms. The summed E-state index contributed by atoms with van der Waals surface area (Å²) in [4.78, 5) is 42.5. The minimum atomic E-state index is -5.08. The lowest BCUT2D eigenvalue weighted by Gasteiger charge is -2.26. The second-order valence-electron chi connectivity index (χ2n) is 8.21. The topological polar surface area (TPSA) is 117 Å². The second-order valence-corrected chi connectivity index (χ2v) is 8.21. The maximum Gasteiger partial charge on any atom is 0.490 e. The summed E-state index contributed by atoms with van der Waals surface area (Å²) in [6.45, 7) is 6.11. The van der Waals surface area contributed by atoms with Gasteiger partial charge in [0.05, 0.1) is 5.41 Å². The lowest BCUT2D eigenvalue weighted by molar-refractivity contribution is -0.192. The molecule has 0 unspecified atom stereocenters. The number of aliphatic carboxylic acids is 1. The van der Waals surface area contributed by atoms with E-state index in [0.717, 1.165) is 12.0 Å². The van der Waals surface area contributed by atoms with Crippen molar-refractivity contribution in [1.82, 2.24) is 19.9 Å². The highest BCUT2D eigenvalue weighted by Crippen LogP contribution is 2.45. The number of aromatic nitrogens is 2. The van der Waals surface area contributed by atoms with Crippen molar-refractivity contribution in [2.75, 3.05) is 19.6 Å². The molecule has 4 heterocycles. The molecule has 2 saturated heterocycles. The average Bonchev–Trinajstić information content (AvgIpc) is 3.42. The van der Waals surface area contributed by atoms with Gasteiger partial charge in [0.1, 0.15) is 5.76 Å². The number of carbonyl (C=O) groups is 3. The summed E-state index contributed by atoms with van der Waals surface area (Å²) in [6.07, 6.45) is -0.793. The zero-order chi connectivity index (χ0) is 24.4. The molecule has 2 aliphatic rings. The number of nitrogens with zero attached hydrogens (tertiary/aromatic N) is 4. The normalized spacial score (nSPS) is 22.5. The van der Waals surface area contributed by atoms with Gasteiger partial charge in [0.25, 0.3) is 5.91 Å². The van der Waals surface area contributed by atoms with E-state index in [-0.39, 0.29) is 17.7 Å². The van der Waals surface area contributed by atoms with Gasteiger partial charge in [-0.15, -0.1) is 0 Å². The molecule has 2 aromatic rings. The number of amides is 2. The molecule has 33 heavy (non-hydrogen) atoms. The third kappa shape index (κ3) is 5.15. The van der Waals surface area contributed by atoms with Crippen molar-refractivity contribution >= 4 is 17.8 Å². The molecule has 2 aromatic heterocycles. The Morgan fingerprint density at radius 1 is 1.36 bits per heavy atom. The maximum atomic E-state index is 13.2. The molecule has 0 saturated carbocycles. The molecule has 0 radical (unpaired) electrons. The van der Waals surface area contributed by atoms with Crippen LogP contribution >= 0.6 is 0 Å². The van der Waals surface area contributed by atoms with Crippen LogP contribution in [0.2, 0.25) is 0 Å². The summed E-state index contributed by atoms with van der Waals surface area (Å²) in [6, 6.07) is 5.50. The van der Waals surface area contributed by atoms with Gasteiger partial charge in [0.15, 0.2) is 5.69 Å². The quantitative estimate of drug-likeness (QED) is 0.736. The highest BCUT2D eigenvalue weighted by molar-refractivity contribution is 5.94. The Kier molecular flexibility index (Phi) is 6.75. The number of aryl methyl sites for hydroxylation is 1. The average molecular weight is 468 g/mol. The first-order valence-electron chi connectivity index (χ1n) is 10.1. The van der Waals surface area contributed by atoms with Crippen LogP contribution in [-0.4, -0.2) is 68.6 Å². The van der Waals surface area contributed by atoms with Crippen LogP contribution in [-0.2, 0) is 16.1 Å². The Labute approximate surface area is 187 Å².